The summed E-state index contributed by atoms with van der Waals surface area (Å²) in [5.41, 5.74) is 1.11. The molecular formula is C19H18BrFN2O4. The highest BCUT2D eigenvalue weighted by Crippen LogP contribution is 2.13. The molecule has 0 aliphatic carbocycles. The molecule has 0 saturated heterocycles. The molecule has 2 amide bonds. The van der Waals surface area contributed by atoms with Crippen molar-refractivity contribution >= 4 is 33.7 Å². The van der Waals surface area contributed by atoms with Crippen molar-refractivity contribution in [2.24, 2.45) is 0 Å². The number of rotatable bonds is 7. The minimum atomic E-state index is -0.733. The molecule has 142 valence electrons. The highest BCUT2D eigenvalue weighted by molar-refractivity contribution is 9.10. The molecule has 0 spiro atoms. The lowest BCUT2D eigenvalue weighted by atomic mass is 10.1. The summed E-state index contributed by atoms with van der Waals surface area (Å²) < 4.78 is 18.5. The molecule has 0 aliphatic heterocycles. The van der Waals surface area contributed by atoms with Crippen molar-refractivity contribution in [2.45, 2.75) is 13.0 Å². The second-order valence-electron chi connectivity index (χ2n) is 5.69. The molecule has 1 atom stereocenters. The van der Waals surface area contributed by atoms with Gasteiger partial charge in [-0.05, 0) is 42.8 Å². The van der Waals surface area contributed by atoms with E-state index in [2.05, 4.69) is 26.6 Å². The number of ether oxygens (including phenoxy) is 1. The Labute approximate surface area is 164 Å². The van der Waals surface area contributed by atoms with Gasteiger partial charge in [-0.3, -0.25) is 14.4 Å². The van der Waals surface area contributed by atoms with Crippen LogP contribution in [0.3, 0.4) is 0 Å². The Hall–Kier alpha value is -2.74. The van der Waals surface area contributed by atoms with E-state index in [4.69, 9.17) is 4.74 Å². The molecule has 2 aromatic rings. The third kappa shape index (κ3) is 6.82. The molecule has 0 radical (unpaired) electrons. The fourth-order valence-electron chi connectivity index (χ4n) is 2.20. The molecule has 2 N–H and O–H groups in total. The number of carbonyl (C=O) groups is 3. The molecule has 2 aromatic carbocycles. The average molecular weight is 437 g/mol. The Morgan fingerprint density at radius 3 is 2.52 bits per heavy atom. The van der Waals surface area contributed by atoms with Gasteiger partial charge in [0.1, 0.15) is 12.4 Å². The van der Waals surface area contributed by atoms with E-state index in [-0.39, 0.29) is 18.4 Å². The van der Waals surface area contributed by atoms with Crippen LogP contribution in [0, 0.1) is 5.82 Å². The Bertz CT molecular complexity index is 827. The minimum Gasteiger partial charge on any atom is -0.454 e. The van der Waals surface area contributed by atoms with Crippen molar-refractivity contribution in [1.82, 2.24) is 10.6 Å². The first-order chi connectivity index (χ1) is 12.8. The Kier molecular flexibility index (Phi) is 7.48. The number of benzene rings is 2. The minimum absolute atomic E-state index is 0.355. The second kappa shape index (κ2) is 9.82. The highest BCUT2D eigenvalue weighted by Gasteiger charge is 2.13. The molecule has 6 nitrogen and oxygen atoms in total. The third-order valence-electron chi connectivity index (χ3n) is 3.59. The molecule has 8 heteroatoms. The van der Waals surface area contributed by atoms with Crippen LogP contribution >= 0.6 is 15.9 Å². The molecule has 2 rings (SSSR count). The number of amides is 2. The van der Waals surface area contributed by atoms with Gasteiger partial charge in [-0.15, -0.1) is 0 Å². The number of carbonyl (C=O) groups excluding carboxylic acids is 3. The zero-order valence-electron chi connectivity index (χ0n) is 14.5. The van der Waals surface area contributed by atoms with Crippen LogP contribution in [-0.4, -0.2) is 30.9 Å². The molecule has 0 bridgehead atoms. The van der Waals surface area contributed by atoms with Crippen LogP contribution in [0.25, 0.3) is 0 Å². The summed E-state index contributed by atoms with van der Waals surface area (Å²) in [4.78, 5) is 35.4. The Morgan fingerprint density at radius 1 is 1.15 bits per heavy atom. The molecule has 0 aliphatic rings. The van der Waals surface area contributed by atoms with Crippen LogP contribution in [-0.2, 0) is 14.3 Å². The van der Waals surface area contributed by atoms with Gasteiger partial charge in [-0.25, -0.2) is 4.39 Å². The average Bonchev–Trinajstić information content (AvgIpc) is 2.64. The molecule has 0 saturated carbocycles. The fourth-order valence-corrected chi connectivity index (χ4v) is 2.60. The van der Waals surface area contributed by atoms with Gasteiger partial charge in [0.25, 0.3) is 11.8 Å². The smallest absolute Gasteiger partial charge is 0.325 e. The lowest BCUT2D eigenvalue weighted by Crippen LogP contribution is -2.34. The van der Waals surface area contributed by atoms with Gasteiger partial charge in [-0.2, -0.15) is 0 Å². The van der Waals surface area contributed by atoms with Crippen LogP contribution in [0.1, 0.15) is 28.9 Å². The highest BCUT2D eigenvalue weighted by atomic mass is 79.9. The van der Waals surface area contributed by atoms with Gasteiger partial charge in [0.15, 0.2) is 6.61 Å². The van der Waals surface area contributed by atoms with Crippen LogP contribution in [0.4, 0.5) is 4.39 Å². The van der Waals surface area contributed by atoms with Gasteiger partial charge in [0.2, 0.25) is 0 Å². The van der Waals surface area contributed by atoms with E-state index in [0.29, 0.717) is 5.56 Å². The topological polar surface area (TPSA) is 84.5 Å². The Balaban J connectivity index is 1.72. The van der Waals surface area contributed by atoms with Crippen molar-refractivity contribution in [2.75, 3.05) is 13.2 Å². The zero-order chi connectivity index (χ0) is 19.8. The molecule has 0 heterocycles. The summed E-state index contributed by atoms with van der Waals surface area (Å²) in [6.45, 7) is 0.897. The van der Waals surface area contributed by atoms with E-state index in [0.717, 1.165) is 10.0 Å². The van der Waals surface area contributed by atoms with Gasteiger partial charge in [0, 0.05) is 10.0 Å². The lowest BCUT2D eigenvalue weighted by molar-refractivity contribution is -0.147. The number of esters is 1. The standard InChI is InChI=1S/C19H18BrFN2O4/c1-12(13-5-7-16(21)8-6-13)23-17(24)11-27-18(25)10-22-19(26)14-3-2-4-15(20)9-14/h2-9,12H,10-11H2,1H3,(H,22,26)(H,23,24)/t12-/m1/s1. The second-order valence-corrected chi connectivity index (χ2v) is 6.61. The number of halogens is 2. The van der Waals surface area contributed by atoms with Crippen molar-refractivity contribution < 1.29 is 23.5 Å². The summed E-state index contributed by atoms with van der Waals surface area (Å²) in [7, 11) is 0. The number of nitrogens with one attached hydrogen (secondary N) is 2. The predicted octanol–water partition coefficient (Wildman–Crippen LogP) is 2.74. The summed E-state index contributed by atoms with van der Waals surface area (Å²) in [5.74, 6) is -2.03. The van der Waals surface area contributed by atoms with Crippen molar-refractivity contribution in [3.8, 4) is 0 Å². The normalized spacial score (nSPS) is 11.4. The van der Waals surface area contributed by atoms with E-state index >= 15 is 0 Å². The first kappa shape index (κ1) is 20.6. The van der Waals surface area contributed by atoms with Gasteiger partial charge in [0.05, 0.1) is 6.04 Å². The van der Waals surface area contributed by atoms with Gasteiger partial charge in [-0.1, -0.05) is 34.1 Å². The summed E-state index contributed by atoms with van der Waals surface area (Å²) >= 11 is 3.26. The number of hydrogen-bond donors (Lipinski definition) is 2. The summed E-state index contributed by atoms with van der Waals surface area (Å²) in [5, 5.41) is 5.06. The van der Waals surface area contributed by atoms with Gasteiger partial charge >= 0.3 is 5.97 Å². The largest absolute Gasteiger partial charge is 0.454 e. The maximum Gasteiger partial charge on any atom is 0.325 e. The van der Waals surface area contributed by atoms with E-state index in [1.54, 1.807) is 43.3 Å². The molecule has 0 fully saturated rings. The molecule has 27 heavy (non-hydrogen) atoms. The zero-order valence-corrected chi connectivity index (χ0v) is 16.1. The first-order valence-electron chi connectivity index (χ1n) is 8.09. The van der Waals surface area contributed by atoms with Gasteiger partial charge < -0.3 is 15.4 Å². The van der Waals surface area contributed by atoms with E-state index < -0.39 is 24.4 Å². The SMILES string of the molecule is C[C@@H](NC(=O)COC(=O)CNC(=O)c1cccc(Br)c1)c1ccc(F)cc1. The van der Waals surface area contributed by atoms with Crippen molar-refractivity contribution in [3.05, 3.63) is 69.9 Å². The van der Waals surface area contributed by atoms with Crippen molar-refractivity contribution in [3.63, 3.8) is 0 Å². The van der Waals surface area contributed by atoms with E-state index in [9.17, 15) is 18.8 Å². The summed E-state index contributed by atoms with van der Waals surface area (Å²) in [6.07, 6.45) is 0. The molecule has 0 unspecified atom stereocenters. The van der Waals surface area contributed by atoms with Crippen LogP contribution in [0.2, 0.25) is 0 Å². The quantitative estimate of drug-likeness (QED) is 0.653. The maximum atomic E-state index is 12.9. The predicted molar refractivity (Wildman–Crippen MR) is 100 cm³/mol. The summed E-state index contributed by atoms with van der Waals surface area (Å²) in [6, 6.07) is 12.0. The maximum absolute atomic E-state index is 12.9. The third-order valence-corrected chi connectivity index (χ3v) is 4.09. The van der Waals surface area contributed by atoms with E-state index in [1.165, 1.54) is 12.1 Å². The molecular weight excluding hydrogens is 419 g/mol. The van der Waals surface area contributed by atoms with Crippen LogP contribution < -0.4 is 10.6 Å². The fraction of sp³-hybridized carbons (Fsp3) is 0.211. The monoisotopic (exact) mass is 436 g/mol. The Morgan fingerprint density at radius 2 is 1.85 bits per heavy atom. The lowest BCUT2D eigenvalue weighted by Gasteiger charge is -2.14. The van der Waals surface area contributed by atoms with Crippen molar-refractivity contribution in [1.29, 1.82) is 0 Å². The first-order valence-corrected chi connectivity index (χ1v) is 8.88. The van der Waals surface area contributed by atoms with Crippen LogP contribution in [0.5, 0.6) is 0 Å². The van der Waals surface area contributed by atoms with E-state index in [1.807, 2.05) is 0 Å². The number of hydrogen-bond acceptors (Lipinski definition) is 4. The van der Waals surface area contributed by atoms with Crippen LogP contribution in [0.15, 0.2) is 53.0 Å². The molecule has 0 aromatic heterocycles.